The molecule has 0 spiro atoms. The highest BCUT2D eigenvalue weighted by Crippen LogP contribution is 2.37. The summed E-state index contributed by atoms with van der Waals surface area (Å²) in [5.41, 5.74) is 2.18. The first-order valence-corrected chi connectivity index (χ1v) is 11.0. The van der Waals surface area contributed by atoms with Crippen LogP contribution in [0.1, 0.15) is 32.2 Å². The van der Waals surface area contributed by atoms with Crippen LogP contribution in [0.4, 0.5) is 0 Å². The molecule has 9 heteroatoms. The molecule has 0 radical (unpaired) electrons. The van der Waals surface area contributed by atoms with Crippen LogP contribution >= 0.6 is 0 Å². The van der Waals surface area contributed by atoms with Crippen molar-refractivity contribution in [2.24, 2.45) is 0 Å². The van der Waals surface area contributed by atoms with Crippen molar-refractivity contribution < 1.29 is 17.9 Å². The SMILES string of the molecule is COc1cccc(OC)c1-n1c(CS(=O)(=O)C(C)(C)C)nnc1-c1cncc(C)c1. The van der Waals surface area contributed by atoms with E-state index in [1.807, 2.05) is 13.0 Å². The first-order chi connectivity index (χ1) is 14.1. The average molecular weight is 431 g/mol. The van der Waals surface area contributed by atoms with Crippen molar-refractivity contribution in [1.82, 2.24) is 19.7 Å². The highest BCUT2D eigenvalue weighted by atomic mass is 32.2. The Morgan fingerprint density at radius 1 is 1.03 bits per heavy atom. The Morgan fingerprint density at radius 2 is 1.67 bits per heavy atom. The molecule has 2 heterocycles. The number of aromatic nitrogens is 4. The van der Waals surface area contributed by atoms with E-state index in [1.165, 1.54) is 0 Å². The summed E-state index contributed by atoms with van der Waals surface area (Å²) in [6.45, 7) is 6.92. The fourth-order valence-corrected chi connectivity index (χ4v) is 3.91. The van der Waals surface area contributed by atoms with Gasteiger partial charge >= 0.3 is 0 Å². The van der Waals surface area contributed by atoms with Gasteiger partial charge in [-0.1, -0.05) is 6.07 Å². The minimum absolute atomic E-state index is 0.268. The summed E-state index contributed by atoms with van der Waals surface area (Å²) in [5, 5.41) is 8.56. The van der Waals surface area contributed by atoms with Gasteiger partial charge in [0.2, 0.25) is 0 Å². The third kappa shape index (κ3) is 4.02. The van der Waals surface area contributed by atoms with Crippen molar-refractivity contribution >= 4 is 9.84 Å². The molecule has 0 amide bonds. The fourth-order valence-electron chi connectivity index (χ4n) is 2.95. The number of nitrogens with zero attached hydrogens (tertiary/aromatic N) is 4. The highest BCUT2D eigenvalue weighted by molar-refractivity contribution is 7.91. The van der Waals surface area contributed by atoms with Crippen molar-refractivity contribution in [1.29, 1.82) is 0 Å². The minimum atomic E-state index is -3.52. The molecule has 1 aromatic carbocycles. The zero-order valence-electron chi connectivity index (χ0n) is 18.0. The van der Waals surface area contributed by atoms with Gasteiger partial charge < -0.3 is 9.47 Å². The number of aryl methyl sites for hydroxylation is 1. The lowest BCUT2D eigenvalue weighted by molar-refractivity contribution is 0.390. The number of benzene rings is 1. The van der Waals surface area contributed by atoms with Crippen LogP contribution in [0.3, 0.4) is 0 Å². The zero-order valence-corrected chi connectivity index (χ0v) is 18.8. The molecule has 3 rings (SSSR count). The van der Waals surface area contributed by atoms with E-state index < -0.39 is 14.6 Å². The molecular weight excluding hydrogens is 404 g/mol. The molecule has 0 aliphatic heterocycles. The molecule has 0 unspecified atom stereocenters. The molecule has 0 aliphatic rings. The molecule has 0 fully saturated rings. The standard InChI is InChI=1S/C21H26N4O4S/c1-14-10-15(12-22-11-14)20-24-23-18(13-30(26,27)21(2,3)4)25(20)19-16(28-5)8-7-9-17(19)29-6/h7-12H,13H2,1-6H3. The van der Waals surface area contributed by atoms with Gasteiger partial charge in [-0.05, 0) is 51.5 Å². The number of methoxy groups -OCH3 is 2. The summed E-state index contributed by atoms with van der Waals surface area (Å²) in [5.74, 6) is 1.44. The summed E-state index contributed by atoms with van der Waals surface area (Å²) < 4.78 is 37.8. The second-order valence-electron chi connectivity index (χ2n) is 7.91. The molecule has 0 atom stereocenters. The van der Waals surface area contributed by atoms with Gasteiger partial charge in [-0.3, -0.25) is 9.55 Å². The van der Waals surface area contributed by atoms with Crippen LogP contribution in [0.2, 0.25) is 0 Å². The number of para-hydroxylation sites is 1. The lowest BCUT2D eigenvalue weighted by Gasteiger charge is -2.21. The van der Waals surface area contributed by atoms with Gasteiger partial charge in [0.1, 0.15) is 22.9 Å². The second-order valence-corrected chi connectivity index (χ2v) is 10.7. The van der Waals surface area contributed by atoms with E-state index >= 15 is 0 Å². The predicted octanol–water partition coefficient (Wildman–Crippen LogP) is 3.37. The van der Waals surface area contributed by atoms with E-state index in [-0.39, 0.29) is 11.6 Å². The van der Waals surface area contributed by atoms with Gasteiger partial charge in [-0.2, -0.15) is 0 Å². The van der Waals surface area contributed by atoms with Crippen LogP contribution in [0, 0.1) is 6.92 Å². The number of rotatable bonds is 6. The highest BCUT2D eigenvalue weighted by Gasteiger charge is 2.33. The van der Waals surface area contributed by atoms with Gasteiger partial charge in [0, 0.05) is 18.0 Å². The molecule has 0 saturated heterocycles. The van der Waals surface area contributed by atoms with Crippen molar-refractivity contribution in [2.45, 2.75) is 38.2 Å². The Labute approximate surface area is 176 Å². The van der Waals surface area contributed by atoms with Gasteiger partial charge in [0.25, 0.3) is 0 Å². The summed E-state index contributed by atoms with van der Waals surface area (Å²) in [6, 6.07) is 7.26. The normalized spacial score (nSPS) is 12.1. The smallest absolute Gasteiger partial charge is 0.170 e. The summed E-state index contributed by atoms with van der Waals surface area (Å²) in [4.78, 5) is 4.24. The Morgan fingerprint density at radius 3 is 2.20 bits per heavy atom. The topological polar surface area (TPSA) is 96.2 Å². The maximum Gasteiger partial charge on any atom is 0.170 e. The number of sulfone groups is 1. The minimum Gasteiger partial charge on any atom is -0.494 e. The van der Waals surface area contributed by atoms with Crippen LogP contribution in [0.25, 0.3) is 17.1 Å². The van der Waals surface area contributed by atoms with Gasteiger partial charge in [-0.25, -0.2) is 8.42 Å². The van der Waals surface area contributed by atoms with Crippen LogP contribution < -0.4 is 9.47 Å². The first kappa shape index (κ1) is 21.8. The Kier molecular flexibility index (Phi) is 5.85. The monoisotopic (exact) mass is 430 g/mol. The molecule has 30 heavy (non-hydrogen) atoms. The lowest BCUT2D eigenvalue weighted by Crippen LogP contribution is -2.30. The molecule has 2 aromatic heterocycles. The van der Waals surface area contributed by atoms with Crippen molar-refractivity contribution in [3.63, 3.8) is 0 Å². The van der Waals surface area contributed by atoms with Gasteiger partial charge in [0.15, 0.2) is 21.5 Å². The van der Waals surface area contributed by atoms with Crippen molar-refractivity contribution in [3.05, 3.63) is 48.0 Å². The van der Waals surface area contributed by atoms with E-state index in [4.69, 9.17) is 9.47 Å². The third-order valence-electron chi connectivity index (χ3n) is 4.74. The van der Waals surface area contributed by atoms with Crippen molar-refractivity contribution in [3.8, 4) is 28.6 Å². The molecule has 0 aliphatic carbocycles. The Bertz CT molecular complexity index is 1140. The molecular formula is C21H26N4O4S. The second kappa shape index (κ2) is 8.06. The van der Waals surface area contributed by atoms with Gasteiger partial charge in [-0.15, -0.1) is 10.2 Å². The Hall–Kier alpha value is -2.94. The quantitative estimate of drug-likeness (QED) is 0.591. The Balaban J connectivity index is 2.33. The zero-order chi connectivity index (χ0) is 22.1. The molecule has 0 saturated carbocycles. The number of ether oxygens (including phenoxy) is 2. The molecule has 160 valence electrons. The van der Waals surface area contributed by atoms with Crippen LogP contribution in [0.5, 0.6) is 11.5 Å². The van der Waals surface area contributed by atoms with E-state index in [9.17, 15) is 8.42 Å². The largest absolute Gasteiger partial charge is 0.494 e. The summed E-state index contributed by atoms with van der Waals surface area (Å²) in [6.07, 6.45) is 3.40. The van der Waals surface area contributed by atoms with E-state index in [0.29, 0.717) is 28.6 Å². The number of pyridine rings is 1. The molecule has 8 nitrogen and oxygen atoms in total. The predicted molar refractivity (Wildman–Crippen MR) is 115 cm³/mol. The molecule has 3 aromatic rings. The number of hydrogen-bond acceptors (Lipinski definition) is 7. The summed E-state index contributed by atoms with van der Waals surface area (Å²) >= 11 is 0. The molecule has 0 bridgehead atoms. The van der Waals surface area contributed by atoms with E-state index in [0.717, 1.165) is 5.56 Å². The summed E-state index contributed by atoms with van der Waals surface area (Å²) in [7, 11) is -0.431. The van der Waals surface area contributed by atoms with Crippen LogP contribution in [0.15, 0.2) is 36.7 Å². The van der Waals surface area contributed by atoms with Crippen LogP contribution in [-0.2, 0) is 15.6 Å². The fraction of sp³-hybridized carbons (Fsp3) is 0.381. The molecule has 0 N–H and O–H groups in total. The van der Waals surface area contributed by atoms with E-state index in [2.05, 4.69) is 15.2 Å². The first-order valence-electron chi connectivity index (χ1n) is 9.39. The number of hydrogen-bond donors (Lipinski definition) is 0. The third-order valence-corrected chi connectivity index (χ3v) is 7.25. The maximum absolute atomic E-state index is 13.0. The van der Waals surface area contributed by atoms with Crippen molar-refractivity contribution in [2.75, 3.05) is 14.2 Å². The lowest BCUT2D eigenvalue weighted by atomic mass is 10.2. The average Bonchev–Trinajstić information content (AvgIpc) is 3.08. The van der Waals surface area contributed by atoms with Crippen LogP contribution in [-0.4, -0.2) is 47.1 Å². The maximum atomic E-state index is 13.0. The van der Waals surface area contributed by atoms with Gasteiger partial charge in [0.05, 0.1) is 19.0 Å². The van der Waals surface area contributed by atoms with E-state index in [1.54, 1.807) is 70.2 Å².